The molecule has 1 aliphatic rings. The standard InChI is InChI=1S/C25H35FN2.C4H9N.C3H9N/c1-18(21(4)27-16-23-10-8-6-7-9-11-23)14-19(2)22(5)28-17-24-12-13-25(26)20(3)15-24;1-4(2)5-3;1-3(2)4/h12-15,23,27-28H,2,4-11,16-17H2,1,3H3;1-3H3;3H,4H2,1-2H3/b18-14+;;. The third kappa shape index (κ3) is 17.4. The molecule has 1 aliphatic carbocycles. The van der Waals surface area contributed by atoms with E-state index in [9.17, 15) is 4.39 Å². The van der Waals surface area contributed by atoms with Crippen LogP contribution in [0, 0.1) is 18.7 Å². The Bertz CT molecular complexity index is 897. The second kappa shape index (κ2) is 19.5. The zero-order valence-corrected chi connectivity index (χ0v) is 24.6. The topological polar surface area (TPSA) is 62.4 Å². The average Bonchev–Trinajstić information content (AvgIpc) is 3.11. The molecule has 5 heteroatoms. The lowest BCUT2D eigenvalue weighted by atomic mass is 10.00. The number of allylic oxidation sites excluding steroid dienone is 2. The summed E-state index contributed by atoms with van der Waals surface area (Å²) in [5.74, 6) is 0.575. The van der Waals surface area contributed by atoms with Crippen molar-refractivity contribution in [2.24, 2.45) is 16.6 Å². The van der Waals surface area contributed by atoms with Gasteiger partial charge in [-0.2, -0.15) is 0 Å². The lowest BCUT2D eigenvalue weighted by Gasteiger charge is -2.18. The highest BCUT2D eigenvalue weighted by Gasteiger charge is 2.12. The summed E-state index contributed by atoms with van der Waals surface area (Å²) in [6.45, 7) is 25.6. The van der Waals surface area contributed by atoms with Gasteiger partial charge >= 0.3 is 0 Å². The molecule has 0 aromatic heterocycles. The molecule has 37 heavy (non-hydrogen) atoms. The van der Waals surface area contributed by atoms with Gasteiger partial charge in [-0.15, -0.1) is 0 Å². The van der Waals surface area contributed by atoms with Crippen molar-refractivity contribution in [2.45, 2.75) is 92.7 Å². The van der Waals surface area contributed by atoms with E-state index >= 15 is 0 Å². The van der Waals surface area contributed by atoms with Gasteiger partial charge in [-0.25, -0.2) is 4.39 Å². The van der Waals surface area contributed by atoms with E-state index in [1.165, 1.54) is 44.6 Å². The Hall–Kier alpha value is -2.66. The molecule has 2 rings (SSSR count). The third-order valence-corrected chi connectivity index (χ3v) is 6.01. The lowest BCUT2D eigenvalue weighted by Crippen LogP contribution is -2.22. The van der Waals surface area contributed by atoms with Crippen LogP contribution in [0.15, 0.2) is 71.5 Å². The van der Waals surface area contributed by atoms with E-state index in [-0.39, 0.29) is 5.82 Å². The van der Waals surface area contributed by atoms with E-state index in [2.05, 4.69) is 35.4 Å². The van der Waals surface area contributed by atoms with Gasteiger partial charge in [0.2, 0.25) is 0 Å². The van der Waals surface area contributed by atoms with Gasteiger partial charge < -0.3 is 16.4 Å². The first-order valence-electron chi connectivity index (χ1n) is 13.5. The number of benzene rings is 1. The van der Waals surface area contributed by atoms with Crippen LogP contribution in [0.5, 0.6) is 0 Å². The second-order valence-electron chi connectivity index (χ2n) is 10.4. The van der Waals surface area contributed by atoms with Gasteiger partial charge in [0.15, 0.2) is 0 Å². The quantitative estimate of drug-likeness (QED) is 0.180. The van der Waals surface area contributed by atoms with E-state index in [0.717, 1.165) is 46.3 Å². The molecule has 0 radical (unpaired) electrons. The molecular weight excluding hydrogens is 459 g/mol. The van der Waals surface area contributed by atoms with Crippen molar-refractivity contribution in [3.63, 3.8) is 0 Å². The van der Waals surface area contributed by atoms with Crippen LogP contribution in [-0.2, 0) is 6.54 Å². The van der Waals surface area contributed by atoms with E-state index < -0.39 is 0 Å². The van der Waals surface area contributed by atoms with Crippen LogP contribution in [0.4, 0.5) is 4.39 Å². The van der Waals surface area contributed by atoms with Crippen molar-refractivity contribution in [2.75, 3.05) is 13.6 Å². The van der Waals surface area contributed by atoms with Gasteiger partial charge in [0.05, 0.1) is 0 Å². The van der Waals surface area contributed by atoms with E-state index in [0.29, 0.717) is 18.2 Å². The molecule has 4 nitrogen and oxygen atoms in total. The van der Waals surface area contributed by atoms with Crippen LogP contribution < -0.4 is 16.4 Å². The molecule has 1 aromatic rings. The van der Waals surface area contributed by atoms with Crippen molar-refractivity contribution < 1.29 is 4.39 Å². The number of nitrogens with zero attached hydrogens (tertiary/aromatic N) is 1. The Morgan fingerprint density at radius 2 is 1.59 bits per heavy atom. The summed E-state index contributed by atoms with van der Waals surface area (Å²) < 4.78 is 13.4. The smallest absolute Gasteiger partial charge is 0.126 e. The van der Waals surface area contributed by atoms with E-state index in [1.807, 2.05) is 46.8 Å². The summed E-state index contributed by atoms with van der Waals surface area (Å²) in [7, 11) is 1.79. The van der Waals surface area contributed by atoms with Crippen LogP contribution in [0.3, 0.4) is 0 Å². The fourth-order valence-corrected chi connectivity index (χ4v) is 3.55. The number of hydrogen-bond donors (Lipinski definition) is 3. The minimum atomic E-state index is -0.180. The molecule has 1 fully saturated rings. The van der Waals surface area contributed by atoms with E-state index in [1.54, 1.807) is 20.0 Å². The molecule has 0 heterocycles. The minimum Gasteiger partial charge on any atom is -0.385 e. The fraction of sp³-hybridized carbons (Fsp3) is 0.531. The monoisotopic (exact) mass is 512 g/mol. The Morgan fingerprint density at radius 1 is 1.05 bits per heavy atom. The summed E-state index contributed by atoms with van der Waals surface area (Å²) in [4.78, 5) is 3.81. The molecule has 0 atom stereocenters. The zero-order valence-electron chi connectivity index (χ0n) is 24.6. The number of aliphatic imine (C=N–C) groups is 1. The van der Waals surface area contributed by atoms with Crippen molar-refractivity contribution in [3.05, 3.63) is 83.5 Å². The molecular formula is C32H53FN4. The first-order chi connectivity index (χ1) is 17.4. The van der Waals surface area contributed by atoms with E-state index in [4.69, 9.17) is 5.73 Å². The normalized spacial score (nSPS) is 13.7. The molecule has 1 saturated carbocycles. The first-order valence-corrected chi connectivity index (χ1v) is 13.5. The van der Waals surface area contributed by atoms with Crippen LogP contribution >= 0.6 is 0 Å². The number of nitrogens with two attached hydrogens (primary N) is 1. The Balaban J connectivity index is 0.00000124. The Morgan fingerprint density at radius 3 is 2.08 bits per heavy atom. The highest BCUT2D eigenvalue weighted by molar-refractivity contribution is 5.78. The maximum Gasteiger partial charge on any atom is 0.126 e. The summed E-state index contributed by atoms with van der Waals surface area (Å²) in [5.41, 5.74) is 11.5. The lowest BCUT2D eigenvalue weighted by molar-refractivity contribution is 0.444. The number of hydrogen-bond acceptors (Lipinski definition) is 4. The number of rotatable bonds is 9. The summed E-state index contributed by atoms with van der Waals surface area (Å²) in [6.07, 6.45) is 10.1. The molecule has 0 spiro atoms. The SMILES string of the molecule is C=C(/C=C(\C)C(=C)NCC1CCCCCC1)C(=C)NCc1ccc(F)c(C)c1.CC(C)N.CN=C(C)C. The maximum atomic E-state index is 13.4. The summed E-state index contributed by atoms with van der Waals surface area (Å²) in [5, 5.41) is 6.77. The van der Waals surface area contributed by atoms with Gasteiger partial charge in [0, 0.05) is 37.2 Å². The molecule has 4 N–H and O–H groups in total. The molecule has 0 amide bonds. The molecule has 0 saturated heterocycles. The largest absolute Gasteiger partial charge is 0.385 e. The molecule has 0 unspecified atom stereocenters. The van der Waals surface area contributed by atoms with Gasteiger partial charge in [0.25, 0.3) is 0 Å². The van der Waals surface area contributed by atoms with Crippen molar-refractivity contribution in [3.8, 4) is 0 Å². The number of halogens is 1. The number of nitrogens with one attached hydrogen (secondary N) is 2. The zero-order chi connectivity index (χ0) is 28.4. The molecule has 0 bridgehead atoms. The number of aryl methyl sites for hydroxylation is 1. The summed E-state index contributed by atoms with van der Waals surface area (Å²) >= 11 is 0. The van der Waals surface area contributed by atoms with Crippen molar-refractivity contribution in [1.82, 2.24) is 10.6 Å². The maximum absolute atomic E-state index is 13.4. The van der Waals surface area contributed by atoms with Crippen LogP contribution in [0.2, 0.25) is 0 Å². The van der Waals surface area contributed by atoms with Crippen LogP contribution in [0.1, 0.15) is 84.3 Å². The predicted octanol–water partition coefficient (Wildman–Crippen LogP) is 7.76. The van der Waals surface area contributed by atoms with Gasteiger partial charge in [-0.05, 0) is 86.9 Å². The van der Waals surface area contributed by atoms with Gasteiger partial charge in [-0.3, -0.25) is 4.99 Å². The highest BCUT2D eigenvalue weighted by Crippen LogP contribution is 2.23. The molecule has 0 aliphatic heterocycles. The summed E-state index contributed by atoms with van der Waals surface area (Å²) in [6, 6.07) is 5.46. The predicted molar refractivity (Wildman–Crippen MR) is 162 cm³/mol. The third-order valence-electron chi connectivity index (χ3n) is 6.01. The van der Waals surface area contributed by atoms with Crippen LogP contribution in [-0.4, -0.2) is 25.3 Å². The first kappa shape index (κ1) is 34.3. The fourth-order valence-electron chi connectivity index (χ4n) is 3.55. The minimum absolute atomic E-state index is 0.180. The van der Waals surface area contributed by atoms with Crippen LogP contribution in [0.25, 0.3) is 0 Å². The second-order valence-corrected chi connectivity index (χ2v) is 10.4. The van der Waals surface area contributed by atoms with Crippen molar-refractivity contribution in [1.29, 1.82) is 0 Å². The van der Waals surface area contributed by atoms with Gasteiger partial charge in [-0.1, -0.05) is 71.4 Å². The molecule has 208 valence electrons. The average molecular weight is 513 g/mol. The highest BCUT2D eigenvalue weighted by atomic mass is 19.1. The van der Waals surface area contributed by atoms with Crippen molar-refractivity contribution >= 4 is 5.71 Å². The Kier molecular flexibility index (Phi) is 18.1. The molecule has 1 aromatic carbocycles. The Labute approximate surface area is 227 Å². The van der Waals surface area contributed by atoms with Gasteiger partial charge in [0.1, 0.15) is 5.82 Å².